The van der Waals surface area contributed by atoms with Crippen LogP contribution in [0.5, 0.6) is 0 Å². The molecule has 1 amide bonds. The average Bonchev–Trinajstić information content (AvgIpc) is 3.54. The zero-order valence-electron chi connectivity index (χ0n) is 19.6. The number of likely N-dealkylation sites (tertiary alicyclic amines) is 1. The van der Waals surface area contributed by atoms with Crippen molar-refractivity contribution in [3.05, 3.63) is 59.6 Å². The maximum absolute atomic E-state index is 11.6. The number of carboxylic acid groups (broad SMARTS) is 1. The summed E-state index contributed by atoms with van der Waals surface area (Å²) in [7, 11) is 0. The van der Waals surface area contributed by atoms with Gasteiger partial charge in [-0.2, -0.15) is 4.98 Å². The summed E-state index contributed by atoms with van der Waals surface area (Å²) in [6.07, 6.45) is 3.71. The lowest BCUT2D eigenvalue weighted by molar-refractivity contribution is -0.129. The van der Waals surface area contributed by atoms with Gasteiger partial charge in [0.2, 0.25) is 17.6 Å². The molecule has 0 spiro atoms. The van der Waals surface area contributed by atoms with Gasteiger partial charge in [0, 0.05) is 51.4 Å². The second-order valence-electron chi connectivity index (χ2n) is 8.98. The molecule has 10 heteroatoms. The van der Waals surface area contributed by atoms with Crippen LogP contribution < -0.4 is 4.90 Å². The fourth-order valence-electron chi connectivity index (χ4n) is 4.75. The first-order valence-electron chi connectivity index (χ1n) is 11.8. The summed E-state index contributed by atoms with van der Waals surface area (Å²) >= 11 is 0. The molecule has 5 rings (SSSR count). The highest BCUT2D eigenvalue weighted by Crippen LogP contribution is 2.33. The number of aromatic nitrogens is 3. The lowest BCUT2D eigenvalue weighted by atomic mass is 10.1. The number of pyridine rings is 1. The number of benzene rings is 1. The van der Waals surface area contributed by atoms with Crippen LogP contribution >= 0.6 is 0 Å². The van der Waals surface area contributed by atoms with Gasteiger partial charge in [-0.25, -0.2) is 9.78 Å². The minimum atomic E-state index is -0.924. The van der Waals surface area contributed by atoms with E-state index < -0.39 is 5.97 Å². The van der Waals surface area contributed by atoms with Gasteiger partial charge in [0.25, 0.3) is 0 Å². The molecule has 2 aromatic heterocycles. The molecule has 2 saturated heterocycles. The molecule has 10 nitrogen and oxygen atoms in total. The zero-order valence-corrected chi connectivity index (χ0v) is 19.6. The number of carbonyl (C=O) groups is 2. The molecule has 0 unspecified atom stereocenters. The number of piperazine rings is 1. The first kappa shape index (κ1) is 23.0. The molecule has 0 radical (unpaired) electrons. The Balaban J connectivity index is 1.27. The minimum Gasteiger partial charge on any atom is -0.478 e. The second-order valence-corrected chi connectivity index (χ2v) is 8.98. The maximum Gasteiger partial charge on any atom is 0.335 e. The fraction of sp³-hybridized carbons (Fsp3) is 0.400. The van der Waals surface area contributed by atoms with Crippen molar-refractivity contribution in [3.63, 3.8) is 0 Å². The zero-order chi connectivity index (χ0) is 24.4. The van der Waals surface area contributed by atoms with Gasteiger partial charge in [0.05, 0.1) is 11.6 Å². The molecule has 3 aromatic rings. The number of anilines is 1. The Morgan fingerprint density at radius 2 is 1.86 bits per heavy atom. The smallest absolute Gasteiger partial charge is 0.335 e. The monoisotopic (exact) mass is 476 g/mol. The summed E-state index contributed by atoms with van der Waals surface area (Å²) in [5, 5.41) is 13.4. The SMILES string of the molecule is CC(=O)N1CCN(c2cc(-c3noc([C@@H]4CCCN4Cc4ccc(C(=O)O)cc4)n3)ccn2)CC1. The van der Waals surface area contributed by atoms with Crippen LogP contribution in [0.4, 0.5) is 5.82 Å². The van der Waals surface area contributed by atoms with Crippen LogP contribution in [0.3, 0.4) is 0 Å². The lowest BCUT2D eigenvalue weighted by Gasteiger charge is -2.34. The van der Waals surface area contributed by atoms with Crippen LogP contribution in [0.25, 0.3) is 11.4 Å². The largest absolute Gasteiger partial charge is 0.478 e. The molecule has 2 aliphatic heterocycles. The number of nitrogens with zero attached hydrogens (tertiary/aromatic N) is 6. The van der Waals surface area contributed by atoms with Crippen LogP contribution in [0.15, 0.2) is 47.1 Å². The first-order chi connectivity index (χ1) is 17.0. The molecule has 1 aromatic carbocycles. The Kier molecular flexibility index (Phi) is 6.45. The third kappa shape index (κ3) is 5.02. The van der Waals surface area contributed by atoms with E-state index in [4.69, 9.17) is 14.6 Å². The molecule has 1 N–H and O–H groups in total. The quantitative estimate of drug-likeness (QED) is 0.573. The number of carboxylic acids is 1. The second kappa shape index (κ2) is 9.83. The van der Waals surface area contributed by atoms with E-state index in [0.29, 0.717) is 31.3 Å². The fourth-order valence-corrected chi connectivity index (χ4v) is 4.75. The van der Waals surface area contributed by atoms with Crippen LogP contribution in [-0.4, -0.2) is 74.6 Å². The molecule has 182 valence electrons. The molecule has 2 aliphatic rings. The van der Waals surface area contributed by atoms with Gasteiger partial charge in [-0.15, -0.1) is 0 Å². The van der Waals surface area contributed by atoms with Gasteiger partial charge in [0.1, 0.15) is 5.82 Å². The van der Waals surface area contributed by atoms with E-state index in [1.807, 2.05) is 29.2 Å². The molecule has 1 atom stereocenters. The van der Waals surface area contributed by atoms with Gasteiger partial charge < -0.3 is 19.4 Å². The predicted octanol–water partition coefficient (Wildman–Crippen LogP) is 2.84. The Hall–Kier alpha value is -3.79. The highest BCUT2D eigenvalue weighted by molar-refractivity contribution is 5.87. The van der Waals surface area contributed by atoms with Crippen molar-refractivity contribution in [3.8, 4) is 11.4 Å². The molecule has 2 fully saturated rings. The Morgan fingerprint density at radius 1 is 1.09 bits per heavy atom. The number of rotatable bonds is 6. The number of carbonyl (C=O) groups excluding carboxylic acids is 1. The van der Waals surface area contributed by atoms with Crippen molar-refractivity contribution in [2.45, 2.75) is 32.4 Å². The van der Waals surface area contributed by atoms with Crippen molar-refractivity contribution in [2.24, 2.45) is 0 Å². The average molecular weight is 477 g/mol. The van der Waals surface area contributed by atoms with E-state index in [1.54, 1.807) is 25.3 Å². The summed E-state index contributed by atoms with van der Waals surface area (Å²) in [5.41, 5.74) is 2.17. The topological polar surface area (TPSA) is 116 Å². The van der Waals surface area contributed by atoms with Crippen molar-refractivity contribution in [2.75, 3.05) is 37.6 Å². The molecule has 35 heavy (non-hydrogen) atoms. The maximum atomic E-state index is 11.6. The van der Waals surface area contributed by atoms with E-state index in [2.05, 4.69) is 19.9 Å². The summed E-state index contributed by atoms with van der Waals surface area (Å²) in [6, 6.07) is 10.8. The summed E-state index contributed by atoms with van der Waals surface area (Å²) in [4.78, 5) is 38.2. The molecule has 0 aliphatic carbocycles. The third-order valence-electron chi connectivity index (χ3n) is 6.73. The lowest BCUT2D eigenvalue weighted by Crippen LogP contribution is -2.48. The number of hydrogen-bond acceptors (Lipinski definition) is 8. The molecule has 4 heterocycles. The number of aromatic carboxylic acids is 1. The Bertz CT molecular complexity index is 1200. The van der Waals surface area contributed by atoms with Crippen molar-refractivity contribution >= 4 is 17.7 Å². The molecule has 0 bridgehead atoms. The summed E-state index contributed by atoms with van der Waals surface area (Å²) in [5.74, 6) is 1.14. The van der Waals surface area contributed by atoms with E-state index in [1.165, 1.54) is 0 Å². The van der Waals surface area contributed by atoms with E-state index in [9.17, 15) is 9.59 Å². The van der Waals surface area contributed by atoms with Crippen LogP contribution in [0.1, 0.15) is 47.6 Å². The van der Waals surface area contributed by atoms with Crippen molar-refractivity contribution in [1.82, 2.24) is 24.9 Å². The van der Waals surface area contributed by atoms with Gasteiger partial charge in [-0.3, -0.25) is 9.69 Å². The normalized spacial score (nSPS) is 18.7. The van der Waals surface area contributed by atoms with Crippen LogP contribution in [0, 0.1) is 0 Å². The predicted molar refractivity (Wildman–Crippen MR) is 128 cm³/mol. The molecular weight excluding hydrogens is 448 g/mol. The van der Waals surface area contributed by atoms with E-state index in [0.717, 1.165) is 49.4 Å². The van der Waals surface area contributed by atoms with Gasteiger partial charge in [-0.1, -0.05) is 17.3 Å². The van der Waals surface area contributed by atoms with Crippen LogP contribution in [-0.2, 0) is 11.3 Å². The number of hydrogen-bond donors (Lipinski definition) is 1. The van der Waals surface area contributed by atoms with Crippen molar-refractivity contribution < 1.29 is 19.2 Å². The summed E-state index contributed by atoms with van der Waals surface area (Å²) in [6.45, 7) is 6.04. The van der Waals surface area contributed by atoms with Crippen molar-refractivity contribution in [1.29, 1.82) is 0 Å². The minimum absolute atomic E-state index is 0.0244. The molecule has 0 saturated carbocycles. The van der Waals surface area contributed by atoms with Crippen LogP contribution in [0.2, 0.25) is 0 Å². The first-order valence-corrected chi connectivity index (χ1v) is 11.8. The van der Waals surface area contributed by atoms with Gasteiger partial charge in [0.15, 0.2) is 0 Å². The Labute approximate surface area is 203 Å². The third-order valence-corrected chi connectivity index (χ3v) is 6.73. The van der Waals surface area contributed by atoms with Gasteiger partial charge in [-0.05, 0) is 49.2 Å². The summed E-state index contributed by atoms with van der Waals surface area (Å²) < 4.78 is 5.69. The highest BCUT2D eigenvalue weighted by Gasteiger charge is 2.31. The highest BCUT2D eigenvalue weighted by atomic mass is 16.5. The van der Waals surface area contributed by atoms with E-state index in [-0.39, 0.29) is 17.5 Å². The Morgan fingerprint density at radius 3 is 2.57 bits per heavy atom. The molecular formula is C25H28N6O4. The standard InChI is InChI=1S/C25H28N6O4/c1-17(32)29-11-13-30(14-12-29)22-15-20(8-9-26-22)23-27-24(35-28-23)21-3-2-10-31(21)16-18-4-6-19(7-5-18)25(33)34/h4-9,15,21H,2-3,10-14,16H2,1H3,(H,33,34)/t21-/m0/s1. The number of amides is 1. The van der Waals surface area contributed by atoms with Gasteiger partial charge >= 0.3 is 5.97 Å². The van der Waals surface area contributed by atoms with E-state index >= 15 is 0 Å².